The van der Waals surface area contributed by atoms with E-state index in [1.165, 1.54) is 17.1 Å². The topological polar surface area (TPSA) is 72.5 Å². The number of nitrogens with one attached hydrogen (secondary N) is 3. The zero-order valence-electron chi connectivity index (χ0n) is 13.4. The van der Waals surface area contributed by atoms with E-state index in [0.29, 0.717) is 16.4 Å². The maximum Gasteiger partial charge on any atom is 0.433 e. The van der Waals surface area contributed by atoms with Gasteiger partial charge in [-0.25, -0.2) is 14.8 Å². The molecule has 2 amide bonds. The highest BCUT2D eigenvalue weighted by Gasteiger charge is 2.32. The van der Waals surface area contributed by atoms with Gasteiger partial charge >= 0.3 is 12.2 Å². The van der Waals surface area contributed by atoms with Gasteiger partial charge in [0.25, 0.3) is 0 Å². The number of hydrazine groups is 3. The van der Waals surface area contributed by atoms with Gasteiger partial charge in [0.05, 0.1) is 28.6 Å². The van der Waals surface area contributed by atoms with Gasteiger partial charge in [-0.05, 0) is 24.3 Å². The number of benzene rings is 1. The van der Waals surface area contributed by atoms with Crippen molar-refractivity contribution in [1.82, 2.24) is 21.5 Å². The first-order valence-electron chi connectivity index (χ1n) is 7.41. The van der Waals surface area contributed by atoms with E-state index in [4.69, 9.17) is 11.6 Å². The van der Waals surface area contributed by atoms with Crippen LogP contribution in [-0.2, 0) is 12.7 Å². The summed E-state index contributed by atoms with van der Waals surface area (Å²) in [4.78, 5) is 17.1. The molecule has 11 heteroatoms. The molecule has 0 radical (unpaired) electrons. The largest absolute Gasteiger partial charge is 0.433 e. The number of carbonyl (C=O) groups excluding carboxylic acids is 1. The highest BCUT2D eigenvalue weighted by molar-refractivity contribution is 6.34. The van der Waals surface area contributed by atoms with E-state index in [0.717, 1.165) is 6.07 Å². The first-order valence-corrected chi connectivity index (χ1v) is 7.78. The standard InChI is InChI=1S/C15H14ClF3N6O/c1-24(8-9-4-2-7-12(20-9)15(17,18)19)13-10(16)5-3-6-11(13)25-14(26)21-22-23-25/h2-7,22-23H,8H2,1H3,(H,21,26). The van der Waals surface area contributed by atoms with Crippen LogP contribution in [0.3, 0.4) is 0 Å². The molecule has 2 heterocycles. The Bertz CT molecular complexity index is 831. The Balaban J connectivity index is 1.91. The number of nitrogens with zero attached hydrogens (tertiary/aromatic N) is 3. The van der Waals surface area contributed by atoms with Crippen LogP contribution in [0.15, 0.2) is 36.4 Å². The predicted molar refractivity (Wildman–Crippen MR) is 90.1 cm³/mol. The number of para-hydroxylation sites is 1. The molecule has 1 aromatic heterocycles. The summed E-state index contributed by atoms with van der Waals surface area (Å²) in [7, 11) is 1.65. The zero-order chi connectivity index (χ0) is 18.9. The number of anilines is 2. The number of pyridine rings is 1. The third-order valence-corrected chi connectivity index (χ3v) is 3.93. The van der Waals surface area contributed by atoms with E-state index in [1.54, 1.807) is 30.1 Å². The second-order valence-electron chi connectivity index (χ2n) is 5.48. The maximum atomic E-state index is 12.8. The molecular formula is C15H14ClF3N6O. The number of halogens is 4. The fraction of sp³-hybridized carbons (Fsp3) is 0.200. The first kappa shape index (κ1) is 18.2. The minimum atomic E-state index is -4.52. The van der Waals surface area contributed by atoms with Gasteiger partial charge in [0, 0.05) is 7.05 Å². The van der Waals surface area contributed by atoms with Crippen molar-refractivity contribution >= 4 is 29.0 Å². The number of rotatable bonds is 4. The quantitative estimate of drug-likeness (QED) is 0.753. The lowest BCUT2D eigenvalue weighted by molar-refractivity contribution is -0.141. The molecule has 1 fully saturated rings. The Morgan fingerprint density at radius 3 is 2.62 bits per heavy atom. The molecule has 138 valence electrons. The van der Waals surface area contributed by atoms with Crippen molar-refractivity contribution in [2.45, 2.75) is 12.7 Å². The number of carbonyl (C=O) groups is 1. The van der Waals surface area contributed by atoms with Crippen LogP contribution in [0.2, 0.25) is 5.02 Å². The Kier molecular flexibility index (Phi) is 4.90. The third kappa shape index (κ3) is 3.66. The summed E-state index contributed by atoms with van der Waals surface area (Å²) < 4.78 is 38.5. The van der Waals surface area contributed by atoms with Crippen molar-refractivity contribution in [3.05, 3.63) is 52.8 Å². The monoisotopic (exact) mass is 386 g/mol. The van der Waals surface area contributed by atoms with Crippen molar-refractivity contribution in [2.75, 3.05) is 17.0 Å². The highest BCUT2D eigenvalue weighted by atomic mass is 35.5. The number of urea groups is 1. The molecule has 0 unspecified atom stereocenters. The van der Waals surface area contributed by atoms with Crippen LogP contribution in [-0.4, -0.2) is 18.1 Å². The van der Waals surface area contributed by atoms with E-state index in [-0.39, 0.29) is 12.2 Å². The molecule has 1 aliphatic heterocycles. The number of hydrogen-bond donors (Lipinski definition) is 3. The molecule has 0 aliphatic carbocycles. The molecule has 2 aromatic rings. The van der Waals surface area contributed by atoms with Crippen molar-refractivity contribution in [1.29, 1.82) is 0 Å². The fourth-order valence-electron chi connectivity index (χ4n) is 2.52. The minimum absolute atomic E-state index is 0.0591. The van der Waals surface area contributed by atoms with Gasteiger partial charge in [-0.3, -0.25) is 5.43 Å². The summed E-state index contributed by atoms with van der Waals surface area (Å²) in [6.07, 6.45) is -4.52. The van der Waals surface area contributed by atoms with Crippen molar-refractivity contribution < 1.29 is 18.0 Å². The molecule has 3 rings (SSSR count). The van der Waals surface area contributed by atoms with E-state index in [1.807, 2.05) is 0 Å². The van der Waals surface area contributed by atoms with Crippen LogP contribution in [0.25, 0.3) is 0 Å². The molecule has 1 saturated heterocycles. The fourth-order valence-corrected chi connectivity index (χ4v) is 2.84. The van der Waals surface area contributed by atoms with E-state index < -0.39 is 17.9 Å². The average molecular weight is 387 g/mol. The van der Waals surface area contributed by atoms with Crippen molar-refractivity contribution in [3.8, 4) is 0 Å². The third-order valence-electron chi connectivity index (χ3n) is 3.62. The van der Waals surface area contributed by atoms with Gasteiger partial charge in [-0.15, -0.1) is 11.1 Å². The van der Waals surface area contributed by atoms with Crippen LogP contribution in [0.4, 0.5) is 29.3 Å². The van der Waals surface area contributed by atoms with E-state index in [9.17, 15) is 18.0 Å². The molecule has 7 nitrogen and oxygen atoms in total. The van der Waals surface area contributed by atoms with Crippen LogP contribution >= 0.6 is 11.6 Å². The Morgan fingerprint density at radius 1 is 1.23 bits per heavy atom. The minimum Gasteiger partial charge on any atom is -0.366 e. The van der Waals surface area contributed by atoms with Gasteiger partial charge in [0.1, 0.15) is 5.69 Å². The Morgan fingerprint density at radius 2 is 1.96 bits per heavy atom. The maximum absolute atomic E-state index is 12.8. The summed E-state index contributed by atoms with van der Waals surface area (Å²) in [5, 5.41) is 1.52. The molecule has 0 spiro atoms. The lowest BCUT2D eigenvalue weighted by atomic mass is 10.2. The van der Waals surface area contributed by atoms with Crippen molar-refractivity contribution in [2.24, 2.45) is 0 Å². The van der Waals surface area contributed by atoms with E-state index in [2.05, 4.69) is 21.5 Å². The van der Waals surface area contributed by atoms with Crippen LogP contribution in [0.1, 0.15) is 11.4 Å². The van der Waals surface area contributed by atoms with Crippen LogP contribution in [0.5, 0.6) is 0 Å². The Hall–Kier alpha value is -2.56. The number of alkyl halides is 3. The molecular weight excluding hydrogens is 373 g/mol. The highest BCUT2D eigenvalue weighted by Crippen LogP contribution is 2.36. The Labute approximate surface area is 151 Å². The smallest absolute Gasteiger partial charge is 0.366 e. The molecule has 1 aromatic carbocycles. The van der Waals surface area contributed by atoms with Gasteiger partial charge in [0.15, 0.2) is 0 Å². The number of amides is 2. The molecule has 3 N–H and O–H groups in total. The molecule has 0 atom stereocenters. The summed E-state index contributed by atoms with van der Waals surface area (Å²) in [6.45, 7) is 0.0591. The second-order valence-corrected chi connectivity index (χ2v) is 5.89. The van der Waals surface area contributed by atoms with Gasteiger partial charge in [-0.1, -0.05) is 23.7 Å². The SMILES string of the molecule is CN(Cc1cccc(C(F)(F)F)n1)c1c(Cl)cccc1N1NNNC1=O. The lowest BCUT2D eigenvalue weighted by Crippen LogP contribution is -2.38. The molecule has 0 bridgehead atoms. The zero-order valence-corrected chi connectivity index (χ0v) is 14.2. The van der Waals surface area contributed by atoms with Crippen molar-refractivity contribution in [3.63, 3.8) is 0 Å². The summed E-state index contributed by atoms with van der Waals surface area (Å²) in [5.74, 6) is 0. The summed E-state index contributed by atoms with van der Waals surface area (Å²) >= 11 is 6.27. The molecule has 26 heavy (non-hydrogen) atoms. The van der Waals surface area contributed by atoms with Gasteiger partial charge in [-0.2, -0.15) is 13.2 Å². The number of aromatic nitrogens is 1. The van der Waals surface area contributed by atoms with Gasteiger partial charge in [0.2, 0.25) is 0 Å². The summed E-state index contributed by atoms with van der Waals surface area (Å²) in [6, 6.07) is 8.17. The van der Waals surface area contributed by atoms with Gasteiger partial charge < -0.3 is 4.90 Å². The molecule has 0 saturated carbocycles. The van der Waals surface area contributed by atoms with E-state index >= 15 is 0 Å². The average Bonchev–Trinajstić information content (AvgIpc) is 3.00. The predicted octanol–water partition coefficient (Wildman–Crippen LogP) is 2.84. The molecule has 1 aliphatic rings. The first-order chi connectivity index (χ1) is 12.3. The van der Waals surface area contributed by atoms with Crippen LogP contribution in [0, 0.1) is 0 Å². The normalized spacial score (nSPS) is 14.5. The lowest BCUT2D eigenvalue weighted by Gasteiger charge is -2.26. The van der Waals surface area contributed by atoms with Crippen LogP contribution < -0.4 is 26.4 Å². The number of hydrogen-bond acceptors (Lipinski definition) is 5. The summed E-state index contributed by atoms with van der Waals surface area (Å²) in [5.41, 5.74) is 7.55. The second kappa shape index (κ2) is 6.98.